The van der Waals surface area contributed by atoms with Gasteiger partial charge in [0, 0.05) is 6.54 Å². The van der Waals surface area contributed by atoms with Crippen molar-refractivity contribution in [2.45, 2.75) is 18.9 Å². The predicted molar refractivity (Wildman–Crippen MR) is 57.8 cm³/mol. The minimum Gasteiger partial charge on any atom is -0.368 e. The van der Waals surface area contributed by atoms with E-state index in [4.69, 9.17) is 11.5 Å². The van der Waals surface area contributed by atoms with Crippen molar-refractivity contribution in [2.75, 3.05) is 33.7 Å². The van der Waals surface area contributed by atoms with Gasteiger partial charge in [0.05, 0.1) is 6.04 Å². The van der Waals surface area contributed by atoms with Crippen LogP contribution in [0.15, 0.2) is 0 Å². The summed E-state index contributed by atoms with van der Waals surface area (Å²) in [5, 5.41) is 3.10. The third-order valence-corrected chi connectivity index (χ3v) is 1.94. The lowest BCUT2D eigenvalue weighted by Gasteiger charge is -2.10. The molecule has 5 nitrogen and oxygen atoms in total. The lowest BCUT2D eigenvalue weighted by atomic mass is 10.2. The van der Waals surface area contributed by atoms with Gasteiger partial charge in [-0.1, -0.05) is 0 Å². The van der Waals surface area contributed by atoms with Crippen LogP contribution >= 0.6 is 0 Å². The standard InChI is InChI=1S/C9H22N4O/c1-13(2)6-4-3-5-12-7-8(10)9(11)14/h8,12H,3-7,10H2,1-2H3,(H2,11,14). The lowest BCUT2D eigenvalue weighted by Crippen LogP contribution is -2.44. The third-order valence-electron chi connectivity index (χ3n) is 1.94. The van der Waals surface area contributed by atoms with Crippen LogP contribution < -0.4 is 16.8 Å². The molecule has 0 saturated heterocycles. The second kappa shape index (κ2) is 7.73. The molecule has 0 fully saturated rings. The van der Waals surface area contributed by atoms with Gasteiger partial charge in [-0.05, 0) is 40.0 Å². The summed E-state index contributed by atoms with van der Waals surface area (Å²) in [5.74, 6) is -0.453. The van der Waals surface area contributed by atoms with Crippen LogP contribution in [0, 0.1) is 0 Å². The van der Waals surface area contributed by atoms with Crippen molar-refractivity contribution >= 4 is 5.91 Å². The molecule has 84 valence electrons. The lowest BCUT2D eigenvalue weighted by molar-refractivity contribution is -0.119. The zero-order chi connectivity index (χ0) is 11.0. The largest absolute Gasteiger partial charge is 0.368 e. The number of unbranched alkanes of at least 4 members (excludes halogenated alkanes) is 1. The minimum atomic E-state index is -0.566. The highest BCUT2D eigenvalue weighted by Crippen LogP contribution is 1.88. The molecule has 14 heavy (non-hydrogen) atoms. The highest BCUT2D eigenvalue weighted by atomic mass is 16.1. The van der Waals surface area contributed by atoms with Gasteiger partial charge in [-0.25, -0.2) is 0 Å². The van der Waals surface area contributed by atoms with E-state index >= 15 is 0 Å². The SMILES string of the molecule is CN(C)CCCCNCC(N)C(N)=O. The summed E-state index contributed by atoms with van der Waals surface area (Å²) in [6, 6.07) is -0.566. The summed E-state index contributed by atoms with van der Waals surface area (Å²) < 4.78 is 0. The smallest absolute Gasteiger partial charge is 0.235 e. The van der Waals surface area contributed by atoms with E-state index in [9.17, 15) is 4.79 Å². The van der Waals surface area contributed by atoms with Gasteiger partial charge >= 0.3 is 0 Å². The number of hydrogen-bond donors (Lipinski definition) is 3. The number of carbonyl (C=O) groups excluding carboxylic acids is 1. The maximum absolute atomic E-state index is 10.6. The average Bonchev–Trinajstić information content (AvgIpc) is 2.09. The van der Waals surface area contributed by atoms with Gasteiger partial charge in [-0.3, -0.25) is 4.79 Å². The van der Waals surface area contributed by atoms with E-state index in [1.54, 1.807) is 0 Å². The summed E-state index contributed by atoms with van der Waals surface area (Å²) in [7, 11) is 4.10. The maximum Gasteiger partial charge on any atom is 0.235 e. The van der Waals surface area contributed by atoms with Crippen molar-refractivity contribution in [3.63, 3.8) is 0 Å². The average molecular weight is 202 g/mol. The van der Waals surface area contributed by atoms with Gasteiger partial charge in [-0.15, -0.1) is 0 Å². The van der Waals surface area contributed by atoms with E-state index in [0.717, 1.165) is 25.9 Å². The van der Waals surface area contributed by atoms with Crippen molar-refractivity contribution in [1.82, 2.24) is 10.2 Å². The maximum atomic E-state index is 10.6. The zero-order valence-corrected chi connectivity index (χ0v) is 9.12. The first-order valence-corrected chi connectivity index (χ1v) is 4.94. The van der Waals surface area contributed by atoms with Crippen LogP contribution in [0.25, 0.3) is 0 Å². The molecule has 0 heterocycles. The zero-order valence-electron chi connectivity index (χ0n) is 9.12. The highest BCUT2D eigenvalue weighted by Gasteiger charge is 2.06. The molecule has 5 N–H and O–H groups in total. The first-order chi connectivity index (χ1) is 6.54. The van der Waals surface area contributed by atoms with Crippen LogP contribution in [0.1, 0.15) is 12.8 Å². The minimum absolute atomic E-state index is 0.453. The molecule has 0 aliphatic carbocycles. The monoisotopic (exact) mass is 202 g/mol. The summed E-state index contributed by atoms with van der Waals surface area (Å²) in [5.41, 5.74) is 10.4. The van der Waals surface area contributed by atoms with Crippen LogP contribution in [0.2, 0.25) is 0 Å². The Kier molecular flexibility index (Phi) is 7.37. The van der Waals surface area contributed by atoms with E-state index in [0.29, 0.717) is 6.54 Å². The van der Waals surface area contributed by atoms with Crippen molar-refractivity contribution in [3.8, 4) is 0 Å². The Balaban J connectivity index is 3.17. The Labute approximate surface area is 85.8 Å². The molecule has 0 rings (SSSR count). The molecule has 0 bridgehead atoms. The Bertz CT molecular complexity index is 161. The van der Waals surface area contributed by atoms with Crippen molar-refractivity contribution in [1.29, 1.82) is 0 Å². The number of nitrogens with zero attached hydrogens (tertiary/aromatic N) is 1. The first-order valence-electron chi connectivity index (χ1n) is 4.94. The van der Waals surface area contributed by atoms with Crippen LogP contribution in [-0.2, 0) is 4.79 Å². The quantitative estimate of drug-likeness (QED) is 0.429. The molecule has 0 aliphatic rings. The molecule has 0 radical (unpaired) electrons. The number of nitrogens with one attached hydrogen (secondary N) is 1. The number of carbonyl (C=O) groups is 1. The molecular weight excluding hydrogens is 180 g/mol. The Morgan fingerprint density at radius 3 is 2.57 bits per heavy atom. The number of rotatable bonds is 8. The second-order valence-electron chi connectivity index (χ2n) is 3.72. The molecule has 5 heteroatoms. The molecule has 1 atom stereocenters. The number of amides is 1. The van der Waals surface area contributed by atoms with Crippen LogP contribution in [0.5, 0.6) is 0 Å². The number of hydrogen-bond acceptors (Lipinski definition) is 4. The van der Waals surface area contributed by atoms with Crippen LogP contribution in [-0.4, -0.2) is 50.6 Å². The van der Waals surface area contributed by atoms with Gasteiger partial charge in [0.2, 0.25) is 5.91 Å². The molecule has 0 aliphatic heterocycles. The van der Waals surface area contributed by atoms with E-state index in [1.165, 1.54) is 0 Å². The summed E-state index contributed by atoms with van der Waals surface area (Å²) in [6.07, 6.45) is 2.23. The molecule has 0 aromatic heterocycles. The Morgan fingerprint density at radius 1 is 1.43 bits per heavy atom. The first kappa shape index (κ1) is 13.4. The van der Waals surface area contributed by atoms with Gasteiger partial charge in [0.1, 0.15) is 0 Å². The van der Waals surface area contributed by atoms with Crippen molar-refractivity contribution in [3.05, 3.63) is 0 Å². The third kappa shape index (κ3) is 7.97. The van der Waals surface area contributed by atoms with Gasteiger partial charge in [-0.2, -0.15) is 0 Å². The Hall–Kier alpha value is -0.650. The highest BCUT2D eigenvalue weighted by molar-refractivity contribution is 5.79. The fraction of sp³-hybridized carbons (Fsp3) is 0.889. The van der Waals surface area contributed by atoms with E-state index in [2.05, 4.69) is 24.3 Å². The van der Waals surface area contributed by atoms with Gasteiger partial charge in [0.15, 0.2) is 0 Å². The van der Waals surface area contributed by atoms with E-state index in [-0.39, 0.29) is 0 Å². The van der Waals surface area contributed by atoms with Gasteiger partial charge in [0.25, 0.3) is 0 Å². The second-order valence-corrected chi connectivity index (χ2v) is 3.72. The fourth-order valence-corrected chi connectivity index (χ4v) is 1.04. The topological polar surface area (TPSA) is 84.4 Å². The predicted octanol–water partition coefficient (Wildman–Crippen LogP) is -1.27. The Morgan fingerprint density at radius 2 is 2.07 bits per heavy atom. The molecule has 0 saturated carbocycles. The summed E-state index contributed by atoms with van der Waals surface area (Å²) in [6.45, 7) is 2.44. The molecule has 0 spiro atoms. The molecule has 0 aromatic rings. The number of primary amides is 1. The molecule has 1 unspecified atom stereocenters. The van der Waals surface area contributed by atoms with Crippen LogP contribution in [0.4, 0.5) is 0 Å². The van der Waals surface area contributed by atoms with Crippen LogP contribution in [0.3, 0.4) is 0 Å². The van der Waals surface area contributed by atoms with Crippen molar-refractivity contribution < 1.29 is 4.79 Å². The van der Waals surface area contributed by atoms with E-state index < -0.39 is 11.9 Å². The fourth-order valence-electron chi connectivity index (χ4n) is 1.04. The van der Waals surface area contributed by atoms with Gasteiger partial charge < -0.3 is 21.7 Å². The van der Waals surface area contributed by atoms with E-state index in [1.807, 2.05) is 0 Å². The molecule has 1 amide bonds. The van der Waals surface area contributed by atoms with Crippen molar-refractivity contribution in [2.24, 2.45) is 11.5 Å². The molecule has 0 aromatic carbocycles. The summed E-state index contributed by atoms with van der Waals surface area (Å²) >= 11 is 0. The molecular formula is C9H22N4O. The normalized spacial score (nSPS) is 13.1. The summed E-state index contributed by atoms with van der Waals surface area (Å²) in [4.78, 5) is 12.7. The number of nitrogens with two attached hydrogens (primary N) is 2.